The molecule has 0 bridgehead atoms. The number of hydrogen-bond donors (Lipinski definition) is 0. The van der Waals surface area contributed by atoms with Crippen LogP contribution in [0.2, 0.25) is 0 Å². The number of carbonyl (C=O) groups excluding carboxylic acids is 1. The molecule has 3 heterocycles. The summed E-state index contributed by atoms with van der Waals surface area (Å²) in [7, 11) is 1.57. The standard InChI is InChI=1S/C25H30N4O5S/c1-3-4-9-26-25-29(20(18-35-25)21-6-5-12-33-21)27-16-19-7-8-22(23(15-19)31-2)34-17-24(30)28-10-13-32-14-11-28/h5-8,12,15-16,18H,3-4,9-11,13-14,17H2,1-2H3/b26-25?,27-16-. The molecule has 186 valence electrons. The molecule has 9 nitrogen and oxygen atoms in total. The molecule has 35 heavy (non-hydrogen) atoms. The van der Waals surface area contributed by atoms with E-state index in [0.29, 0.717) is 37.8 Å². The number of benzene rings is 1. The normalized spacial score (nSPS) is 14.6. The zero-order valence-corrected chi connectivity index (χ0v) is 20.8. The first kappa shape index (κ1) is 24.7. The average molecular weight is 499 g/mol. The number of hydrogen-bond acceptors (Lipinski definition) is 8. The largest absolute Gasteiger partial charge is 0.493 e. The van der Waals surface area contributed by atoms with Crippen molar-refractivity contribution >= 4 is 23.5 Å². The van der Waals surface area contributed by atoms with Crippen LogP contribution in [-0.4, -0.2) is 68.3 Å². The number of ether oxygens (including phenoxy) is 3. The van der Waals surface area contributed by atoms with Gasteiger partial charge in [-0.3, -0.25) is 9.79 Å². The number of carbonyl (C=O) groups is 1. The quantitative estimate of drug-likeness (QED) is 0.314. The molecular weight excluding hydrogens is 468 g/mol. The Morgan fingerprint density at radius 2 is 2.09 bits per heavy atom. The fraction of sp³-hybridized carbons (Fsp3) is 0.400. The predicted molar refractivity (Wildman–Crippen MR) is 134 cm³/mol. The lowest BCUT2D eigenvalue weighted by atomic mass is 10.2. The summed E-state index contributed by atoms with van der Waals surface area (Å²) < 4.78 is 23.9. The summed E-state index contributed by atoms with van der Waals surface area (Å²) in [6, 6.07) is 9.23. The Morgan fingerprint density at radius 3 is 2.83 bits per heavy atom. The summed E-state index contributed by atoms with van der Waals surface area (Å²) in [6.07, 6.45) is 5.48. The third-order valence-corrected chi connectivity index (χ3v) is 6.30. The van der Waals surface area contributed by atoms with E-state index in [4.69, 9.17) is 28.7 Å². The summed E-state index contributed by atoms with van der Waals surface area (Å²) >= 11 is 1.53. The molecule has 0 radical (unpaired) electrons. The number of thiazole rings is 1. The Kier molecular flexibility index (Phi) is 8.74. The molecule has 10 heteroatoms. The molecule has 1 fully saturated rings. The summed E-state index contributed by atoms with van der Waals surface area (Å²) in [5.74, 6) is 1.68. The number of morpholine rings is 1. The van der Waals surface area contributed by atoms with Crippen molar-refractivity contribution in [2.45, 2.75) is 19.8 Å². The van der Waals surface area contributed by atoms with Gasteiger partial charge in [0.25, 0.3) is 5.91 Å². The van der Waals surface area contributed by atoms with Gasteiger partial charge in [-0.2, -0.15) is 5.10 Å². The maximum absolute atomic E-state index is 12.4. The Hall–Kier alpha value is -3.37. The Balaban J connectivity index is 1.51. The molecule has 0 atom stereocenters. The van der Waals surface area contributed by atoms with Crippen molar-refractivity contribution in [3.8, 4) is 23.0 Å². The van der Waals surface area contributed by atoms with Crippen LogP contribution >= 0.6 is 11.3 Å². The minimum atomic E-state index is -0.0698. The maximum Gasteiger partial charge on any atom is 0.260 e. The third-order valence-electron chi connectivity index (χ3n) is 5.44. The van der Waals surface area contributed by atoms with Crippen molar-refractivity contribution in [3.63, 3.8) is 0 Å². The van der Waals surface area contributed by atoms with Crippen LogP contribution in [-0.2, 0) is 9.53 Å². The highest BCUT2D eigenvalue weighted by molar-refractivity contribution is 7.07. The summed E-state index contributed by atoms with van der Waals surface area (Å²) in [6.45, 7) is 5.12. The lowest BCUT2D eigenvalue weighted by Gasteiger charge is -2.26. The van der Waals surface area contributed by atoms with Crippen molar-refractivity contribution in [2.24, 2.45) is 10.1 Å². The Morgan fingerprint density at radius 1 is 1.23 bits per heavy atom. The molecule has 0 unspecified atom stereocenters. The van der Waals surface area contributed by atoms with Crippen molar-refractivity contribution < 1.29 is 23.4 Å². The zero-order valence-electron chi connectivity index (χ0n) is 20.0. The minimum Gasteiger partial charge on any atom is -0.493 e. The van der Waals surface area contributed by atoms with Crippen LogP contribution < -0.4 is 14.3 Å². The van der Waals surface area contributed by atoms with Crippen molar-refractivity contribution in [2.75, 3.05) is 46.6 Å². The van der Waals surface area contributed by atoms with E-state index in [9.17, 15) is 4.79 Å². The fourth-order valence-electron chi connectivity index (χ4n) is 3.50. The van der Waals surface area contributed by atoms with Gasteiger partial charge in [0.05, 0.1) is 32.8 Å². The zero-order chi connectivity index (χ0) is 24.5. The maximum atomic E-state index is 12.4. The van der Waals surface area contributed by atoms with E-state index in [0.717, 1.165) is 41.2 Å². The van der Waals surface area contributed by atoms with Crippen LogP contribution in [0.5, 0.6) is 11.5 Å². The Bertz CT molecular complexity index is 1190. The van der Waals surface area contributed by atoms with Gasteiger partial charge in [0.2, 0.25) is 4.80 Å². The number of furan rings is 1. The van der Waals surface area contributed by atoms with Crippen LogP contribution in [0, 0.1) is 0 Å². The molecular formula is C25H30N4O5S. The van der Waals surface area contributed by atoms with Gasteiger partial charge >= 0.3 is 0 Å². The van der Waals surface area contributed by atoms with E-state index in [2.05, 4.69) is 6.92 Å². The van der Waals surface area contributed by atoms with Gasteiger partial charge in [0.15, 0.2) is 23.9 Å². The van der Waals surface area contributed by atoms with Gasteiger partial charge in [-0.05, 0) is 42.3 Å². The topological polar surface area (TPSA) is 90.8 Å². The first-order valence-corrected chi connectivity index (χ1v) is 12.5. The molecule has 3 aromatic rings. The predicted octanol–water partition coefficient (Wildman–Crippen LogP) is 3.64. The number of methoxy groups -OCH3 is 1. The Labute approximate surface area is 208 Å². The van der Waals surface area contributed by atoms with Crippen LogP contribution in [0.3, 0.4) is 0 Å². The van der Waals surface area contributed by atoms with Crippen molar-refractivity contribution in [1.29, 1.82) is 0 Å². The van der Waals surface area contributed by atoms with Crippen LogP contribution in [0.4, 0.5) is 0 Å². The second kappa shape index (κ2) is 12.4. The first-order chi connectivity index (χ1) is 17.2. The fourth-order valence-corrected chi connectivity index (χ4v) is 4.34. The molecule has 1 aliphatic heterocycles. The minimum absolute atomic E-state index is 0.0519. The summed E-state index contributed by atoms with van der Waals surface area (Å²) in [5.41, 5.74) is 1.65. The highest BCUT2D eigenvalue weighted by Gasteiger charge is 2.18. The van der Waals surface area contributed by atoms with E-state index >= 15 is 0 Å². The van der Waals surface area contributed by atoms with Crippen LogP contribution in [0.15, 0.2) is 56.5 Å². The monoisotopic (exact) mass is 498 g/mol. The highest BCUT2D eigenvalue weighted by atomic mass is 32.1. The number of nitrogens with zero attached hydrogens (tertiary/aromatic N) is 4. The van der Waals surface area contributed by atoms with Crippen molar-refractivity contribution in [1.82, 2.24) is 9.58 Å². The molecule has 0 spiro atoms. The molecule has 1 aliphatic rings. The second-order valence-corrected chi connectivity index (χ2v) is 8.70. The molecule has 0 saturated carbocycles. The molecule has 2 aromatic heterocycles. The van der Waals surface area contributed by atoms with Gasteiger partial charge in [-0.25, -0.2) is 4.68 Å². The van der Waals surface area contributed by atoms with Gasteiger partial charge in [-0.1, -0.05) is 13.3 Å². The summed E-state index contributed by atoms with van der Waals surface area (Å²) in [4.78, 5) is 19.6. The van der Waals surface area contributed by atoms with E-state index < -0.39 is 0 Å². The average Bonchev–Trinajstić information content (AvgIpc) is 3.57. The number of amides is 1. The van der Waals surface area contributed by atoms with Crippen LogP contribution in [0.25, 0.3) is 11.5 Å². The highest BCUT2D eigenvalue weighted by Crippen LogP contribution is 2.28. The van der Waals surface area contributed by atoms with Crippen LogP contribution in [0.1, 0.15) is 25.3 Å². The summed E-state index contributed by atoms with van der Waals surface area (Å²) in [5, 5.41) is 6.68. The van der Waals surface area contributed by atoms with E-state index in [1.54, 1.807) is 35.2 Å². The molecule has 1 aromatic carbocycles. The first-order valence-electron chi connectivity index (χ1n) is 11.6. The van der Waals surface area contributed by atoms with E-state index in [1.807, 2.05) is 29.6 Å². The molecule has 4 rings (SSSR count). The van der Waals surface area contributed by atoms with Gasteiger partial charge in [0.1, 0.15) is 5.69 Å². The molecule has 1 amide bonds. The lowest BCUT2D eigenvalue weighted by molar-refractivity contribution is -0.137. The lowest BCUT2D eigenvalue weighted by Crippen LogP contribution is -2.43. The smallest absolute Gasteiger partial charge is 0.260 e. The molecule has 1 saturated heterocycles. The molecule has 0 aliphatic carbocycles. The van der Waals surface area contributed by atoms with Crippen molar-refractivity contribution in [3.05, 3.63) is 52.3 Å². The van der Waals surface area contributed by atoms with E-state index in [1.165, 1.54) is 11.3 Å². The van der Waals surface area contributed by atoms with Gasteiger partial charge in [0, 0.05) is 25.0 Å². The SMILES string of the molecule is CCCCN=c1scc(-c2ccco2)n1/N=C\c1ccc(OCC(=O)N2CCOCC2)c(OC)c1. The van der Waals surface area contributed by atoms with E-state index in [-0.39, 0.29) is 12.5 Å². The number of aromatic nitrogens is 1. The molecule has 0 N–H and O–H groups in total. The number of unbranched alkanes of at least 4 members (excludes halogenated alkanes) is 1. The van der Waals surface area contributed by atoms with Gasteiger partial charge < -0.3 is 23.5 Å². The second-order valence-electron chi connectivity index (χ2n) is 7.86. The number of rotatable bonds is 10. The van der Waals surface area contributed by atoms with Gasteiger partial charge in [-0.15, -0.1) is 11.3 Å². The third kappa shape index (κ3) is 6.40.